The number of carbonyl (C=O) groups is 1. The fourth-order valence-corrected chi connectivity index (χ4v) is 2.95. The zero-order valence-corrected chi connectivity index (χ0v) is 10.3. The number of nitrogens with zero attached hydrogens (tertiary/aromatic N) is 1. The molecule has 0 fully saturated rings. The molecule has 0 bridgehead atoms. The second-order valence-electron chi connectivity index (χ2n) is 4.01. The molecule has 1 aliphatic heterocycles. The molecule has 1 aromatic rings. The van der Waals surface area contributed by atoms with Gasteiger partial charge in [0, 0.05) is 11.4 Å². The Morgan fingerprint density at radius 3 is 3.24 bits per heavy atom. The molecule has 0 saturated carbocycles. The summed E-state index contributed by atoms with van der Waals surface area (Å²) in [5.41, 5.74) is 2.65. The van der Waals surface area contributed by atoms with Crippen LogP contribution in [0.4, 0.5) is 0 Å². The first-order valence-electron chi connectivity index (χ1n) is 5.72. The number of fused-ring (bicyclic) bond motifs is 1. The van der Waals surface area contributed by atoms with Crippen molar-refractivity contribution >= 4 is 17.7 Å². The second kappa shape index (κ2) is 5.74. The lowest BCUT2D eigenvalue weighted by molar-refractivity contribution is -0.115. The van der Waals surface area contributed by atoms with Crippen LogP contribution in [-0.2, 0) is 17.6 Å². The van der Waals surface area contributed by atoms with Crippen molar-refractivity contribution in [2.24, 2.45) is 0 Å². The molecule has 0 aromatic heterocycles. The van der Waals surface area contributed by atoms with Gasteiger partial charge < -0.3 is 5.32 Å². The number of thioether (sulfide) groups is 1. The third-order valence-electron chi connectivity index (χ3n) is 2.77. The van der Waals surface area contributed by atoms with Crippen molar-refractivity contribution in [2.75, 3.05) is 12.3 Å². The minimum Gasteiger partial charge on any atom is -0.343 e. The van der Waals surface area contributed by atoms with Gasteiger partial charge in [0.25, 0.3) is 0 Å². The molecule has 0 saturated heterocycles. The normalized spacial score (nSPS) is 13.6. The molecule has 1 amide bonds. The SMILES string of the molecule is N#CC(=O)NCCc1ccc2c(c1)CCCS2. The minimum atomic E-state index is -0.557. The molecule has 4 heteroatoms. The zero-order chi connectivity index (χ0) is 12.1. The summed E-state index contributed by atoms with van der Waals surface area (Å²) in [4.78, 5) is 12.1. The highest BCUT2D eigenvalue weighted by Crippen LogP contribution is 2.30. The number of amides is 1. The van der Waals surface area contributed by atoms with Crippen LogP contribution < -0.4 is 5.32 Å². The van der Waals surface area contributed by atoms with E-state index in [0.29, 0.717) is 6.54 Å². The van der Waals surface area contributed by atoms with E-state index in [1.165, 1.54) is 28.2 Å². The van der Waals surface area contributed by atoms with Crippen molar-refractivity contribution < 1.29 is 4.79 Å². The lowest BCUT2D eigenvalue weighted by Crippen LogP contribution is -2.23. The highest BCUT2D eigenvalue weighted by molar-refractivity contribution is 7.99. The van der Waals surface area contributed by atoms with Crippen LogP contribution in [0.15, 0.2) is 23.1 Å². The smallest absolute Gasteiger partial charge is 0.322 e. The van der Waals surface area contributed by atoms with E-state index >= 15 is 0 Å². The molecule has 17 heavy (non-hydrogen) atoms. The van der Waals surface area contributed by atoms with Crippen LogP contribution in [0.2, 0.25) is 0 Å². The van der Waals surface area contributed by atoms with Gasteiger partial charge in [0.1, 0.15) is 0 Å². The van der Waals surface area contributed by atoms with Gasteiger partial charge in [-0.15, -0.1) is 11.8 Å². The molecule has 0 radical (unpaired) electrons. The molecule has 1 aromatic carbocycles. The van der Waals surface area contributed by atoms with E-state index in [2.05, 4.69) is 23.5 Å². The molecule has 1 N–H and O–H groups in total. The first kappa shape index (κ1) is 12.0. The van der Waals surface area contributed by atoms with E-state index in [0.717, 1.165) is 12.8 Å². The Balaban J connectivity index is 1.93. The molecule has 0 spiro atoms. The molecule has 3 nitrogen and oxygen atoms in total. The van der Waals surface area contributed by atoms with Crippen molar-refractivity contribution in [3.05, 3.63) is 29.3 Å². The number of nitriles is 1. The number of carbonyl (C=O) groups excluding carboxylic acids is 1. The molecule has 88 valence electrons. The van der Waals surface area contributed by atoms with E-state index in [-0.39, 0.29) is 0 Å². The summed E-state index contributed by atoms with van der Waals surface area (Å²) in [6.07, 6.45) is 3.18. The van der Waals surface area contributed by atoms with Crippen molar-refractivity contribution in [2.45, 2.75) is 24.2 Å². The van der Waals surface area contributed by atoms with Gasteiger partial charge in [0.15, 0.2) is 6.07 Å². The number of hydrogen-bond donors (Lipinski definition) is 1. The first-order chi connectivity index (χ1) is 8.29. The Bertz CT molecular complexity index is 465. The third-order valence-corrected chi connectivity index (χ3v) is 3.98. The molecule has 0 unspecified atom stereocenters. The maximum atomic E-state index is 10.8. The van der Waals surface area contributed by atoms with Crippen LogP contribution in [0.1, 0.15) is 17.5 Å². The monoisotopic (exact) mass is 246 g/mol. The van der Waals surface area contributed by atoms with Crippen molar-refractivity contribution in [1.29, 1.82) is 5.26 Å². The number of aryl methyl sites for hydroxylation is 1. The molecular weight excluding hydrogens is 232 g/mol. The average Bonchev–Trinajstić information content (AvgIpc) is 2.38. The molecule has 1 heterocycles. The number of nitrogens with one attached hydrogen (secondary N) is 1. The van der Waals surface area contributed by atoms with Gasteiger partial charge in [-0.3, -0.25) is 4.79 Å². The van der Waals surface area contributed by atoms with Gasteiger partial charge in [-0.25, -0.2) is 0 Å². The summed E-state index contributed by atoms with van der Waals surface area (Å²) in [5, 5.41) is 10.9. The fraction of sp³-hybridized carbons (Fsp3) is 0.385. The van der Waals surface area contributed by atoms with Crippen LogP contribution in [0.3, 0.4) is 0 Å². The van der Waals surface area contributed by atoms with Gasteiger partial charge in [0.2, 0.25) is 0 Å². The number of rotatable bonds is 3. The molecular formula is C13H14N2OS. The largest absolute Gasteiger partial charge is 0.343 e. The first-order valence-corrected chi connectivity index (χ1v) is 6.70. The van der Waals surface area contributed by atoms with Crippen molar-refractivity contribution in [1.82, 2.24) is 5.32 Å². The average molecular weight is 246 g/mol. The maximum absolute atomic E-state index is 10.8. The lowest BCUT2D eigenvalue weighted by Gasteiger charge is -2.16. The van der Waals surface area contributed by atoms with E-state index in [4.69, 9.17) is 5.26 Å². The highest BCUT2D eigenvalue weighted by Gasteiger charge is 2.09. The Kier molecular flexibility index (Phi) is 4.05. The van der Waals surface area contributed by atoms with Crippen molar-refractivity contribution in [3.8, 4) is 6.07 Å². The summed E-state index contributed by atoms with van der Waals surface area (Å²) >= 11 is 1.92. The van der Waals surface area contributed by atoms with Crippen LogP contribution in [0, 0.1) is 11.3 Å². The molecule has 0 aliphatic carbocycles. The number of hydrogen-bond acceptors (Lipinski definition) is 3. The van der Waals surface area contributed by atoms with E-state index in [1.54, 1.807) is 6.07 Å². The maximum Gasteiger partial charge on any atom is 0.322 e. The molecule has 1 aliphatic rings. The Morgan fingerprint density at radius 2 is 2.41 bits per heavy atom. The molecule has 2 rings (SSSR count). The van der Waals surface area contributed by atoms with Crippen LogP contribution in [-0.4, -0.2) is 18.2 Å². The standard InChI is InChI=1S/C13H14N2OS/c14-9-13(16)15-6-5-10-3-4-12-11(8-10)2-1-7-17-12/h3-4,8H,1-2,5-7H2,(H,15,16). The topological polar surface area (TPSA) is 52.9 Å². The van der Waals surface area contributed by atoms with Gasteiger partial charge >= 0.3 is 5.91 Å². The van der Waals surface area contributed by atoms with Crippen LogP contribution in [0.25, 0.3) is 0 Å². The Hall–Kier alpha value is -1.47. The zero-order valence-electron chi connectivity index (χ0n) is 9.53. The Morgan fingerprint density at radius 1 is 1.53 bits per heavy atom. The minimum absolute atomic E-state index is 0.526. The van der Waals surface area contributed by atoms with Gasteiger partial charge in [-0.2, -0.15) is 5.26 Å². The summed E-state index contributed by atoms with van der Waals surface area (Å²) in [7, 11) is 0. The third kappa shape index (κ3) is 3.24. The quantitative estimate of drug-likeness (QED) is 0.829. The van der Waals surface area contributed by atoms with Gasteiger partial charge in [-0.1, -0.05) is 12.1 Å². The van der Waals surface area contributed by atoms with Crippen molar-refractivity contribution in [3.63, 3.8) is 0 Å². The predicted molar refractivity (Wildman–Crippen MR) is 67.8 cm³/mol. The van der Waals surface area contributed by atoms with Gasteiger partial charge in [-0.05, 0) is 42.2 Å². The predicted octanol–water partition coefficient (Wildman–Crippen LogP) is 1.91. The highest BCUT2D eigenvalue weighted by atomic mass is 32.2. The molecule has 0 atom stereocenters. The van der Waals surface area contributed by atoms with E-state index in [1.807, 2.05) is 11.8 Å². The van der Waals surface area contributed by atoms with E-state index < -0.39 is 5.91 Å². The van der Waals surface area contributed by atoms with E-state index in [9.17, 15) is 4.79 Å². The summed E-state index contributed by atoms with van der Waals surface area (Å²) in [6.45, 7) is 0.526. The lowest BCUT2D eigenvalue weighted by atomic mass is 10.0. The Labute approximate surface area is 105 Å². The fourth-order valence-electron chi connectivity index (χ4n) is 1.93. The van der Waals surface area contributed by atoms with Crippen LogP contribution in [0.5, 0.6) is 0 Å². The van der Waals surface area contributed by atoms with Gasteiger partial charge in [0.05, 0.1) is 0 Å². The summed E-state index contributed by atoms with van der Waals surface area (Å²) in [6, 6.07) is 8.04. The second-order valence-corrected chi connectivity index (χ2v) is 5.15. The number of benzene rings is 1. The van der Waals surface area contributed by atoms with Crippen LogP contribution >= 0.6 is 11.8 Å². The summed E-state index contributed by atoms with van der Waals surface area (Å²) in [5.74, 6) is 0.656. The summed E-state index contributed by atoms with van der Waals surface area (Å²) < 4.78 is 0.